The molecule has 2 rings (SSSR count). The summed E-state index contributed by atoms with van der Waals surface area (Å²) in [5, 5.41) is 0.713. The summed E-state index contributed by atoms with van der Waals surface area (Å²) in [5.74, 6) is 0.208. The average Bonchev–Trinajstić information content (AvgIpc) is 2.84. The van der Waals surface area contributed by atoms with Crippen LogP contribution in [0.15, 0.2) is 24.3 Å². The third kappa shape index (κ3) is 3.22. The highest BCUT2D eigenvalue weighted by Crippen LogP contribution is 2.23. The van der Waals surface area contributed by atoms with Gasteiger partial charge in [0.2, 0.25) is 5.91 Å². The number of carbonyl (C=O) groups is 1. The maximum Gasteiger partial charge on any atom is 0.226 e. The standard InChI is InChI=1S/C14H18ClNO/c1-16(13-4-2-3-5-13)14(17)10-11-6-8-12(15)9-7-11/h6-9,13H,2-5,10H2,1H3. The van der Waals surface area contributed by atoms with Crippen molar-refractivity contribution in [1.82, 2.24) is 4.90 Å². The van der Waals surface area contributed by atoms with Crippen molar-refractivity contribution in [2.45, 2.75) is 38.1 Å². The van der Waals surface area contributed by atoms with Crippen molar-refractivity contribution in [1.29, 1.82) is 0 Å². The van der Waals surface area contributed by atoms with Crippen LogP contribution in [0.2, 0.25) is 5.02 Å². The molecule has 0 spiro atoms. The molecule has 0 saturated heterocycles. The Morgan fingerprint density at radius 1 is 1.29 bits per heavy atom. The molecule has 0 radical (unpaired) electrons. The van der Waals surface area contributed by atoms with Crippen LogP contribution < -0.4 is 0 Å². The van der Waals surface area contributed by atoms with Crippen LogP contribution in [0.4, 0.5) is 0 Å². The van der Waals surface area contributed by atoms with Gasteiger partial charge in [-0.2, -0.15) is 0 Å². The second kappa shape index (κ2) is 5.54. The Morgan fingerprint density at radius 3 is 2.47 bits per heavy atom. The third-order valence-electron chi connectivity index (χ3n) is 3.53. The predicted molar refractivity (Wildman–Crippen MR) is 70.2 cm³/mol. The van der Waals surface area contributed by atoms with Gasteiger partial charge in [-0.3, -0.25) is 4.79 Å². The van der Waals surface area contributed by atoms with E-state index in [9.17, 15) is 4.79 Å². The molecule has 92 valence electrons. The Morgan fingerprint density at radius 2 is 1.88 bits per heavy atom. The highest BCUT2D eigenvalue weighted by atomic mass is 35.5. The lowest BCUT2D eigenvalue weighted by Crippen LogP contribution is -2.36. The molecule has 0 unspecified atom stereocenters. The summed E-state index contributed by atoms with van der Waals surface area (Å²) >= 11 is 5.82. The summed E-state index contributed by atoms with van der Waals surface area (Å²) in [6, 6.07) is 7.96. The fourth-order valence-electron chi connectivity index (χ4n) is 2.40. The summed E-state index contributed by atoms with van der Waals surface area (Å²) in [5.41, 5.74) is 1.03. The first-order chi connectivity index (χ1) is 8.16. The maximum atomic E-state index is 12.1. The highest BCUT2D eigenvalue weighted by molar-refractivity contribution is 6.30. The average molecular weight is 252 g/mol. The monoisotopic (exact) mass is 251 g/mol. The molecular weight excluding hydrogens is 234 g/mol. The van der Waals surface area contributed by atoms with Crippen LogP contribution in [0.3, 0.4) is 0 Å². The van der Waals surface area contributed by atoms with E-state index >= 15 is 0 Å². The smallest absolute Gasteiger partial charge is 0.226 e. The summed E-state index contributed by atoms with van der Waals surface area (Å²) in [6.07, 6.45) is 5.29. The van der Waals surface area contributed by atoms with Crippen LogP contribution >= 0.6 is 11.6 Å². The number of nitrogens with zero attached hydrogens (tertiary/aromatic N) is 1. The van der Waals surface area contributed by atoms with E-state index in [1.54, 1.807) is 0 Å². The number of likely N-dealkylation sites (N-methyl/N-ethyl adjacent to an activating group) is 1. The van der Waals surface area contributed by atoms with Crippen LogP contribution in [0.1, 0.15) is 31.2 Å². The van der Waals surface area contributed by atoms with Gasteiger partial charge >= 0.3 is 0 Å². The van der Waals surface area contributed by atoms with E-state index in [1.165, 1.54) is 12.8 Å². The molecule has 1 aliphatic carbocycles. The first kappa shape index (κ1) is 12.4. The van der Waals surface area contributed by atoms with Crippen molar-refractivity contribution in [3.8, 4) is 0 Å². The van der Waals surface area contributed by atoms with E-state index in [0.717, 1.165) is 18.4 Å². The van der Waals surface area contributed by atoms with Crippen molar-refractivity contribution < 1.29 is 4.79 Å². The maximum absolute atomic E-state index is 12.1. The minimum atomic E-state index is 0.208. The van der Waals surface area contributed by atoms with Gasteiger partial charge in [-0.25, -0.2) is 0 Å². The molecule has 1 aromatic carbocycles. The van der Waals surface area contributed by atoms with E-state index in [0.29, 0.717) is 17.5 Å². The Bertz CT molecular complexity index is 382. The number of halogens is 1. The Balaban J connectivity index is 1.93. The Labute approximate surface area is 108 Å². The van der Waals surface area contributed by atoms with Gasteiger partial charge in [-0.05, 0) is 30.5 Å². The van der Waals surface area contributed by atoms with Crippen LogP contribution in [0.25, 0.3) is 0 Å². The number of rotatable bonds is 3. The third-order valence-corrected chi connectivity index (χ3v) is 3.79. The molecule has 1 aromatic rings. The molecule has 0 aromatic heterocycles. The predicted octanol–water partition coefficient (Wildman–Crippen LogP) is 3.28. The molecule has 3 heteroatoms. The van der Waals surface area contributed by atoms with Gasteiger partial charge in [0, 0.05) is 18.1 Å². The lowest BCUT2D eigenvalue weighted by molar-refractivity contribution is -0.131. The van der Waals surface area contributed by atoms with Gasteiger partial charge in [0.15, 0.2) is 0 Å². The summed E-state index contributed by atoms with van der Waals surface area (Å²) in [6.45, 7) is 0. The van der Waals surface area contributed by atoms with Gasteiger partial charge in [0.05, 0.1) is 6.42 Å². The highest BCUT2D eigenvalue weighted by Gasteiger charge is 2.23. The van der Waals surface area contributed by atoms with E-state index in [4.69, 9.17) is 11.6 Å². The topological polar surface area (TPSA) is 20.3 Å². The van der Waals surface area contributed by atoms with Gasteiger partial charge in [0.25, 0.3) is 0 Å². The van der Waals surface area contributed by atoms with Crippen LogP contribution in [-0.2, 0) is 11.2 Å². The quantitative estimate of drug-likeness (QED) is 0.807. The van der Waals surface area contributed by atoms with Crippen molar-refractivity contribution in [2.24, 2.45) is 0 Å². The first-order valence-electron chi connectivity index (χ1n) is 6.17. The number of carbonyl (C=O) groups excluding carboxylic acids is 1. The molecular formula is C14H18ClNO. The fraction of sp³-hybridized carbons (Fsp3) is 0.500. The number of amides is 1. The minimum absolute atomic E-state index is 0.208. The Kier molecular flexibility index (Phi) is 4.06. The largest absolute Gasteiger partial charge is 0.342 e. The van der Waals surface area contributed by atoms with Gasteiger partial charge in [0.1, 0.15) is 0 Å². The van der Waals surface area contributed by atoms with Gasteiger partial charge < -0.3 is 4.90 Å². The van der Waals surface area contributed by atoms with E-state index in [-0.39, 0.29) is 5.91 Å². The molecule has 1 amide bonds. The van der Waals surface area contributed by atoms with E-state index in [1.807, 2.05) is 36.2 Å². The first-order valence-corrected chi connectivity index (χ1v) is 6.55. The normalized spacial score (nSPS) is 16.1. The molecule has 0 atom stereocenters. The van der Waals surface area contributed by atoms with Crippen LogP contribution in [0.5, 0.6) is 0 Å². The van der Waals surface area contributed by atoms with Crippen molar-refractivity contribution >= 4 is 17.5 Å². The Hall–Kier alpha value is -1.02. The zero-order chi connectivity index (χ0) is 12.3. The molecule has 0 bridgehead atoms. The summed E-state index contributed by atoms with van der Waals surface area (Å²) in [4.78, 5) is 14.0. The molecule has 1 aliphatic rings. The molecule has 17 heavy (non-hydrogen) atoms. The van der Waals surface area contributed by atoms with Gasteiger partial charge in [-0.15, -0.1) is 0 Å². The molecule has 1 fully saturated rings. The molecule has 2 nitrogen and oxygen atoms in total. The minimum Gasteiger partial charge on any atom is -0.342 e. The van der Waals surface area contributed by atoms with Crippen molar-refractivity contribution in [2.75, 3.05) is 7.05 Å². The van der Waals surface area contributed by atoms with E-state index in [2.05, 4.69) is 0 Å². The fourth-order valence-corrected chi connectivity index (χ4v) is 2.52. The number of benzene rings is 1. The number of hydrogen-bond acceptors (Lipinski definition) is 1. The second-order valence-electron chi connectivity index (χ2n) is 4.75. The molecule has 0 heterocycles. The lowest BCUT2D eigenvalue weighted by Gasteiger charge is -2.24. The molecule has 1 saturated carbocycles. The lowest BCUT2D eigenvalue weighted by atomic mass is 10.1. The summed E-state index contributed by atoms with van der Waals surface area (Å²) < 4.78 is 0. The molecule has 0 aliphatic heterocycles. The molecule has 0 N–H and O–H groups in total. The number of hydrogen-bond donors (Lipinski definition) is 0. The van der Waals surface area contributed by atoms with Crippen molar-refractivity contribution in [3.05, 3.63) is 34.9 Å². The van der Waals surface area contributed by atoms with Gasteiger partial charge in [-0.1, -0.05) is 36.6 Å². The van der Waals surface area contributed by atoms with Crippen LogP contribution in [0, 0.1) is 0 Å². The zero-order valence-corrected chi connectivity index (χ0v) is 10.9. The van der Waals surface area contributed by atoms with Crippen molar-refractivity contribution in [3.63, 3.8) is 0 Å². The van der Waals surface area contributed by atoms with E-state index < -0.39 is 0 Å². The second-order valence-corrected chi connectivity index (χ2v) is 5.18. The SMILES string of the molecule is CN(C(=O)Cc1ccc(Cl)cc1)C1CCCC1. The zero-order valence-electron chi connectivity index (χ0n) is 10.2. The summed E-state index contributed by atoms with van der Waals surface area (Å²) in [7, 11) is 1.92. The van der Waals surface area contributed by atoms with Crippen LogP contribution in [-0.4, -0.2) is 23.9 Å².